The molecule has 5 heteroatoms. The van der Waals surface area contributed by atoms with Crippen LogP contribution in [0, 0.1) is 0 Å². The molecule has 0 saturated heterocycles. The second-order valence-electron chi connectivity index (χ2n) is 9.32. The monoisotopic (exact) mass is 514 g/mol. The van der Waals surface area contributed by atoms with Gasteiger partial charge in [0.1, 0.15) is 18.5 Å². The van der Waals surface area contributed by atoms with Gasteiger partial charge in [-0.25, -0.2) is 4.79 Å². The van der Waals surface area contributed by atoms with Crippen molar-refractivity contribution in [3.63, 3.8) is 0 Å². The summed E-state index contributed by atoms with van der Waals surface area (Å²) in [5.74, 6) is 0.431. The van der Waals surface area contributed by atoms with Crippen molar-refractivity contribution in [3.8, 4) is 5.75 Å². The first-order valence-corrected chi connectivity index (χ1v) is 13.6. The number of rotatable bonds is 13. The number of esters is 1. The van der Waals surface area contributed by atoms with Crippen molar-refractivity contribution in [2.45, 2.75) is 52.2 Å². The molecule has 0 saturated carbocycles. The van der Waals surface area contributed by atoms with Gasteiger partial charge in [-0.1, -0.05) is 80.1 Å². The summed E-state index contributed by atoms with van der Waals surface area (Å²) in [7, 11) is 0. The number of carbonyl (C=O) groups is 1. The lowest BCUT2D eigenvalue weighted by atomic mass is 9.94. The van der Waals surface area contributed by atoms with Gasteiger partial charge in [0.25, 0.3) is 0 Å². The maximum Gasteiger partial charge on any atom is 0.335 e. The Bertz CT molecular complexity index is 1210. The normalized spacial score (nSPS) is 14.8. The first-order valence-electron chi connectivity index (χ1n) is 13.6. The summed E-state index contributed by atoms with van der Waals surface area (Å²) in [6.07, 6.45) is 6.23. The van der Waals surface area contributed by atoms with E-state index in [4.69, 9.17) is 18.9 Å². The van der Waals surface area contributed by atoms with Crippen LogP contribution in [0.5, 0.6) is 5.75 Å². The highest BCUT2D eigenvalue weighted by molar-refractivity contribution is 5.76. The predicted molar refractivity (Wildman–Crippen MR) is 151 cm³/mol. The smallest absolute Gasteiger partial charge is 0.335 e. The summed E-state index contributed by atoms with van der Waals surface area (Å²) in [4.78, 5) is 12.1. The molecule has 3 aromatic rings. The van der Waals surface area contributed by atoms with Crippen molar-refractivity contribution in [1.82, 2.24) is 0 Å². The molecule has 0 bridgehead atoms. The minimum absolute atomic E-state index is 0.155. The minimum atomic E-state index is -0.599. The van der Waals surface area contributed by atoms with Crippen molar-refractivity contribution in [3.05, 3.63) is 100 Å². The summed E-state index contributed by atoms with van der Waals surface area (Å²) in [5, 5.41) is 0. The van der Waals surface area contributed by atoms with Gasteiger partial charge < -0.3 is 18.9 Å². The summed E-state index contributed by atoms with van der Waals surface area (Å²) in [6.45, 7) is 7.55. The fourth-order valence-corrected chi connectivity index (χ4v) is 4.78. The third-order valence-corrected chi connectivity index (χ3v) is 6.59. The largest absolute Gasteiger partial charge is 0.491 e. The summed E-state index contributed by atoms with van der Waals surface area (Å²) < 4.78 is 23.2. The molecule has 0 amide bonds. The predicted octanol–water partition coefficient (Wildman–Crippen LogP) is 6.82. The third-order valence-electron chi connectivity index (χ3n) is 6.59. The Balaban J connectivity index is 1.38. The van der Waals surface area contributed by atoms with E-state index in [2.05, 4.69) is 61.5 Å². The van der Waals surface area contributed by atoms with E-state index in [1.165, 1.54) is 27.8 Å². The van der Waals surface area contributed by atoms with Crippen LogP contribution in [0.3, 0.4) is 0 Å². The van der Waals surface area contributed by atoms with Crippen LogP contribution < -0.4 is 4.74 Å². The molecular formula is C33H38O5. The van der Waals surface area contributed by atoms with E-state index in [1.807, 2.05) is 31.2 Å². The molecule has 38 heavy (non-hydrogen) atoms. The van der Waals surface area contributed by atoms with Crippen LogP contribution >= 0.6 is 0 Å². The Morgan fingerprint density at radius 1 is 0.816 bits per heavy atom. The molecule has 0 N–H and O–H groups in total. The average Bonchev–Trinajstić information content (AvgIpc) is 3.08. The molecule has 3 aromatic carbocycles. The lowest BCUT2D eigenvalue weighted by Gasteiger charge is -2.22. The molecule has 0 aliphatic heterocycles. The Kier molecular flexibility index (Phi) is 10.1. The van der Waals surface area contributed by atoms with Crippen molar-refractivity contribution >= 4 is 18.1 Å². The van der Waals surface area contributed by atoms with Crippen LogP contribution in [0.15, 0.2) is 66.7 Å². The Morgan fingerprint density at radius 2 is 1.55 bits per heavy atom. The third kappa shape index (κ3) is 7.12. The molecule has 1 aliphatic carbocycles. The molecule has 0 fully saturated rings. The number of hydrogen-bond acceptors (Lipinski definition) is 5. The van der Waals surface area contributed by atoms with Gasteiger partial charge in [-0.2, -0.15) is 0 Å². The fourth-order valence-electron chi connectivity index (χ4n) is 4.78. The molecule has 0 spiro atoms. The number of carbonyl (C=O) groups excluding carboxylic acids is 1. The molecule has 2 atom stereocenters. The molecule has 1 aliphatic rings. The highest BCUT2D eigenvalue weighted by Gasteiger charge is 2.23. The van der Waals surface area contributed by atoms with Crippen LogP contribution in [0.1, 0.15) is 66.7 Å². The van der Waals surface area contributed by atoms with Crippen molar-refractivity contribution in [1.29, 1.82) is 0 Å². The number of ether oxygens (including phenoxy) is 4. The van der Waals surface area contributed by atoms with Gasteiger partial charge in [-0.05, 0) is 65.8 Å². The van der Waals surface area contributed by atoms with Gasteiger partial charge in [0.05, 0.1) is 13.2 Å². The number of hydrogen-bond donors (Lipinski definition) is 0. The molecule has 0 heterocycles. The lowest BCUT2D eigenvalue weighted by molar-refractivity contribution is -0.156. The van der Waals surface area contributed by atoms with E-state index in [-0.39, 0.29) is 12.1 Å². The molecule has 0 radical (unpaired) electrons. The van der Waals surface area contributed by atoms with Crippen LogP contribution in [-0.4, -0.2) is 38.5 Å². The molecule has 5 nitrogen and oxygen atoms in total. The van der Waals surface area contributed by atoms with Crippen LogP contribution in [0.4, 0.5) is 0 Å². The van der Waals surface area contributed by atoms with Crippen LogP contribution in [0.25, 0.3) is 12.2 Å². The highest BCUT2D eigenvalue weighted by Crippen LogP contribution is 2.36. The summed E-state index contributed by atoms with van der Waals surface area (Å²) in [5.41, 5.74) is 7.06. The molecule has 0 aromatic heterocycles. The topological polar surface area (TPSA) is 54.0 Å². The first kappa shape index (κ1) is 27.6. The Hall–Kier alpha value is -3.41. The number of benzene rings is 3. The van der Waals surface area contributed by atoms with Gasteiger partial charge in [0.15, 0.2) is 6.10 Å². The minimum Gasteiger partial charge on any atom is -0.491 e. The SMILES string of the molecule is CCCc1ccc2c(c1)C(OCCOc1ccc(CC(OCC)C(=O)OCC)cc1)c1ccccc1C=C2. The zero-order valence-corrected chi connectivity index (χ0v) is 22.7. The first-order chi connectivity index (χ1) is 18.6. The van der Waals surface area contributed by atoms with Crippen molar-refractivity contribution in [2.75, 3.05) is 26.4 Å². The maximum absolute atomic E-state index is 12.1. The molecule has 4 rings (SSSR count). The van der Waals surface area contributed by atoms with E-state index >= 15 is 0 Å². The van der Waals surface area contributed by atoms with Gasteiger partial charge in [-0.3, -0.25) is 0 Å². The second-order valence-corrected chi connectivity index (χ2v) is 9.32. The van der Waals surface area contributed by atoms with E-state index in [9.17, 15) is 4.79 Å². The fraction of sp³-hybridized carbons (Fsp3) is 0.364. The van der Waals surface area contributed by atoms with E-state index < -0.39 is 6.10 Å². The van der Waals surface area contributed by atoms with E-state index in [0.29, 0.717) is 32.8 Å². The van der Waals surface area contributed by atoms with E-state index in [1.54, 1.807) is 6.92 Å². The number of fused-ring (bicyclic) bond motifs is 2. The standard InChI is InChI=1S/C33H38O5/c1-4-9-24-12-15-27-17-16-26-10-7-8-11-29(26)32(30(27)22-24)38-21-20-37-28-18-13-25(14-19-28)23-31(35-5-2)33(34)36-6-3/h7-8,10-19,22,31-32H,4-6,9,20-21,23H2,1-3H3. The lowest BCUT2D eigenvalue weighted by Crippen LogP contribution is -2.28. The van der Waals surface area contributed by atoms with Gasteiger partial charge in [0.2, 0.25) is 0 Å². The van der Waals surface area contributed by atoms with Crippen LogP contribution in [-0.2, 0) is 31.8 Å². The molecule has 2 unspecified atom stereocenters. The highest BCUT2D eigenvalue weighted by atomic mass is 16.6. The average molecular weight is 515 g/mol. The zero-order chi connectivity index (χ0) is 26.7. The quantitative estimate of drug-likeness (QED) is 0.185. The molecular weight excluding hydrogens is 476 g/mol. The summed E-state index contributed by atoms with van der Waals surface area (Å²) in [6, 6.07) is 22.9. The molecule has 200 valence electrons. The van der Waals surface area contributed by atoms with E-state index in [0.717, 1.165) is 24.2 Å². The number of aryl methyl sites for hydroxylation is 1. The zero-order valence-electron chi connectivity index (χ0n) is 22.7. The van der Waals surface area contributed by atoms with Gasteiger partial charge >= 0.3 is 5.97 Å². The van der Waals surface area contributed by atoms with Gasteiger partial charge in [0, 0.05) is 13.0 Å². The Morgan fingerprint density at radius 3 is 2.29 bits per heavy atom. The Labute approximate surface area is 226 Å². The maximum atomic E-state index is 12.1. The van der Waals surface area contributed by atoms with Crippen molar-refractivity contribution < 1.29 is 23.7 Å². The van der Waals surface area contributed by atoms with Gasteiger partial charge in [-0.15, -0.1) is 0 Å². The second kappa shape index (κ2) is 13.9. The van der Waals surface area contributed by atoms with Crippen LogP contribution in [0.2, 0.25) is 0 Å². The van der Waals surface area contributed by atoms with Crippen molar-refractivity contribution in [2.24, 2.45) is 0 Å². The summed E-state index contributed by atoms with van der Waals surface area (Å²) >= 11 is 0.